The molecule has 1 N–H and O–H groups in total. The molecule has 3 aromatic rings. The Bertz CT molecular complexity index is 877. The molecular weight excluding hydrogens is 366 g/mol. The maximum absolute atomic E-state index is 12.4. The van der Waals surface area contributed by atoms with Gasteiger partial charge in [-0.3, -0.25) is 4.79 Å². The van der Waals surface area contributed by atoms with Gasteiger partial charge in [0.25, 0.3) is 5.91 Å². The fraction of sp³-hybridized carbons (Fsp3) is 0.208. The van der Waals surface area contributed by atoms with Crippen LogP contribution < -0.4 is 10.1 Å². The summed E-state index contributed by atoms with van der Waals surface area (Å²) < 4.78 is 5.74. The molecule has 0 unspecified atom stereocenters. The molecule has 0 aliphatic rings. The molecule has 1 atom stereocenters. The molecule has 0 aromatic heterocycles. The van der Waals surface area contributed by atoms with Gasteiger partial charge < -0.3 is 10.1 Å². The molecular formula is C24H25NO2S. The molecule has 3 nitrogen and oxygen atoms in total. The van der Waals surface area contributed by atoms with E-state index in [1.807, 2.05) is 80.6 Å². The van der Waals surface area contributed by atoms with Crippen molar-refractivity contribution in [2.45, 2.75) is 30.5 Å². The van der Waals surface area contributed by atoms with E-state index in [0.717, 1.165) is 11.5 Å². The standard InChI is InChI=1S/C24H25NO2S/c1-18-8-14-22(15-9-18)27-16-19(2)25-24(26)21-12-10-20(11-13-21)17-28-23-6-4-3-5-7-23/h3-15,19H,16-17H2,1-2H3,(H,25,26)/t19-/m0/s1. The molecule has 0 heterocycles. The predicted molar refractivity (Wildman–Crippen MR) is 116 cm³/mol. The van der Waals surface area contributed by atoms with Gasteiger partial charge in [-0.1, -0.05) is 48.0 Å². The second-order valence-electron chi connectivity index (χ2n) is 6.80. The lowest BCUT2D eigenvalue weighted by Crippen LogP contribution is -2.36. The van der Waals surface area contributed by atoms with E-state index in [-0.39, 0.29) is 11.9 Å². The molecule has 0 spiro atoms. The van der Waals surface area contributed by atoms with Crippen LogP contribution in [0, 0.1) is 6.92 Å². The van der Waals surface area contributed by atoms with Gasteiger partial charge in [0.15, 0.2) is 0 Å². The van der Waals surface area contributed by atoms with Gasteiger partial charge in [0.05, 0.1) is 6.04 Å². The van der Waals surface area contributed by atoms with Crippen molar-refractivity contribution >= 4 is 17.7 Å². The zero-order valence-electron chi connectivity index (χ0n) is 16.2. The normalized spacial score (nSPS) is 11.6. The Hall–Kier alpha value is -2.72. The summed E-state index contributed by atoms with van der Waals surface area (Å²) in [5, 5.41) is 2.99. The predicted octanol–water partition coefficient (Wildman–Crippen LogP) is 5.48. The highest BCUT2D eigenvalue weighted by Crippen LogP contribution is 2.22. The molecule has 1 amide bonds. The molecule has 0 bridgehead atoms. The van der Waals surface area contributed by atoms with Gasteiger partial charge in [-0.15, -0.1) is 11.8 Å². The summed E-state index contributed by atoms with van der Waals surface area (Å²) in [5.41, 5.74) is 3.05. The van der Waals surface area contributed by atoms with Crippen LogP contribution in [0.15, 0.2) is 83.8 Å². The Balaban J connectivity index is 1.46. The molecule has 3 aromatic carbocycles. The first-order chi connectivity index (χ1) is 13.6. The number of hydrogen-bond donors (Lipinski definition) is 1. The van der Waals surface area contributed by atoms with Gasteiger partial charge >= 0.3 is 0 Å². The molecule has 28 heavy (non-hydrogen) atoms. The lowest BCUT2D eigenvalue weighted by molar-refractivity contribution is 0.0926. The number of carbonyl (C=O) groups excluding carboxylic acids is 1. The highest BCUT2D eigenvalue weighted by atomic mass is 32.2. The molecule has 4 heteroatoms. The highest BCUT2D eigenvalue weighted by molar-refractivity contribution is 7.98. The number of aryl methyl sites for hydroxylation is 1. The van der Waals surface area contributed by atoms with Crippen molar-refractivity contribution < 1.29 is 9.53 Å². The molecule has 0 aliphatic heterocycles. The van der Waals surface area contributed by atoms with E-state index in [0.29, 0.717) is 12.2 Å². The summed E-state index contributed by atoms with van der Waals surface area (Å²) in [7, 11) is 0. The number of carbonyl (C=O) groups is 1. The van der Waals surface area contributed by atoms with Gasteiger partial charge in [0.2, 0.25) is 0 Å². The van der Waals surface area contributed by atoms with E-state index in [4.69, 9.17) is 4.74 Å². The van der Waals surface area contributed by atoms with E-state index >= 15 is 0 Å². The van der Waals surface area contributed by atoms with Gasteiger partial charge in [-0.25, -0.2) is 0 Å². The summed E-state index contributed by atoms with van der Waals surface area (Å²) in [6.07, 6.45) is 0. The first kappa shape index (κ1) is 20.0. The van der Waals surface area contributed by atoms with Crippen molar-refractivity contribution in [3.63, 3.8) is 0 Å². The molecule has 3 rings (SSSR count). The van der Waals surface area contributed by atoms with Crippen molar-refractivity contribution in [3.05, 3.63) is 95.6 Å². The quantitative estimate of drug-likeness (QED) is 0.516. The van der Waals surface area contributed by atoms with Crippen LogP contribution in [0.25, 0.3) is 0 Å². The maximum Gasteiger partial charge on any atom is 0.251 e. The van der Waals surface area contributed by atoms with Crippen molar-refractivity contribution in [1.29, 1.82) is 0 Å². The Labute approximate surface area is 171 Å². The number of rotatable bonds is 8. The third kappa shape index (κ3) is 6.17. The van der Waals surface area contributed by atoms with E-state index in [1.54, 1.807) is 11.8 Å². The van der Waals surface area contributed by atoms with E-state index in [2.05, 4.69) is 17.4 Å². The maximum atomic E-state index is 12.4. The molecule has 0 saturated carbocycles. The third-order valence-electron chi connectivity index (χ3n) is 4.26. The van der Waals surface area contributed by atoms with Crippen molar-refractivity contribution in [3.8, 4) is 5.75 Å². The summed E-state index contributed by atoms with van der Waals surface area (Å²) in [4.78, 5) is 13.7. The van der Waals surface area contributed by atoms with Crippen LogP contribution in [0.5, 0.6) is 5.75 Å². The molecule has 144 valence electrons. The zero-order valence-corrected chi connectivity index (χ0v) is 17.0. The summed E-state index contributed by atoms with van der Waals surface area (Å²) in [6.45, 7) is 4.41. The Kier molecular flexibility index (Phi) is 7.15. The molecule has 0 radical (unpaired) electrons. The van der Waals surface area contributed by atoms with Crippen molar-refractivity contribution in [2.24, 2.45) is 0 Å². The highest BCUT2D eigenvalue weighted by Gasteiger charge is 2.10. The fourth-order valence-corrected chi connectivity index (χ4v) is 3.52. The number of benzene rings is 3. The first-order valence-electron chi connectivity index (χ1n) is 9.37. The Morgan fingerprint density at radius 2 is 1.64 bits per heavy atom. The molecule has 0 saturated heterocycles. The van der Waals surface area contributed by atoms with Crippen LogP contribution in [-0.2, 0) is 5.75 Å². The zero-order chi connectivity index (χ0) is 19.8. The summed E-state index contributed by atoms with van der Waals surface area (Å²) in [5.74, 6) is 1.61. The Morgan fingerprint density at radius 3 is 2.32 bits per heavy atom. The fourth-order valence-electron chi connectivity index (χ4n) is 2.64. The lowest BCUT2D eigenvalue weighted by Gasteiger charge is -2.15. The average molecular weight is 392 g/mol. The third-order valence-corrected chi connectivity index (χ3v) is 5.35. The number of amides is 1. The van der Waals surface area contributed by atoms with Gasteiger partial charge in [-0.2, -0.15) is 0 Å². The van der Waals surface area contributed by atoms with Crippen LogP contribution in [-0.4, -0.2) is 18.6 Å². The largest absolute Gasteiger partial charge is 0.491 e. The van der Waals surface area contributed by atoms with Crippen LogP contribution in [0.3, 0.4) is 0 Å². The van der Waals surface area contributed by atoms with Gasteiger partial charge in [-0.05, 0) is 55.8 Å². The van der Waals surface area contributed by atoms with Gasteiger partial charge in [0, 0.05) is 16.2 Å². The minimum Gasteiger partial charge on any atom is -0.491 e. The first-order valence-corrected chi connectivity index (χ1v) is 10.4. The minimum absolute atomic E-state index is 0.0812. The van der Waals surface area contributed by atoms with Crippen LogP contribution in [0.4, 0.5) is 0 Å². The van der Waals surface area contributed by atoms with E-state index in [1.165, 1.54) is 16.0 Å². The van der Waals surface area contributed by atoms with Crippen LogP contribution in [0.2, 0.25) is 0 Å². The minimum atomic E-state index is -0.0814. The molecule has 0 fully saturated rings. The summed E-state index contributed by atoms with van der Waals surface area (Å²) >= 11 is 1.79. The van der Waals surface area contributed by atoms with Crippen LogP contribution >= 0.6 is 11.8 Å². The van der Waals surface area contributed by atoms with Crippen LogP contribution in [0.1, 0.15) is 28.4 Å². The molecule has 0 aliphatic carbocycles. The lowest BCUT2D eigenvalue weighted by atomic mass is 10.1. The second-order valence-corrected chi connectivity index (χ2v) is 7.85. The Morgan fingerprint density at radius 1 is 0.964 bits per heavy atom. The van der Waals surface area contributed by atoms with Gasteiger partial charge in [0.1, 0.15) is 12.4 Å². The van der Waals surface area contributed by atoms with Crippen molar-refractivity contribution in [2.75, 3.05) is 6.61 Å². The van der Waals surface area contributed by atoms with E-state index in [9.17, 15) is 4.79 Å². The topological polar surface area (TPSA) is 38.3 Å². The second kappa shape index (κ2) is 10.00. The number of nitrogens with one attached hydrogen (secondary N) is 1. The SMILES string of the molecule is Cc1ccc(OC[C@H](C)NC(=O)c2ccc(CSc3ccccc3)cc2)cc1. The average Bonchev–Trinajstić information content (AvgIpc) is 2.73. The summed E-state index contributed by atoms with van der Waals surface area (Å²) in [6, 6.07) is 25.9. The monoisotopic (exact) mass is 391 g/mol. The smallest absolute Gasteiger partial charge is 0.251 e. The number of ether oxygens (including phenoxy) is 1. The van der Waals surface area contributed by atoms with E-state index < -0.39 is 0 Å². The van der Waals surface area contributed by atoms with Crippen molar-refractivity contribution in [1.82, 2.24) is 5.32 Å². The number of thioether (sulfide) groups is 1. The number of hydrogen-bond acceptors (Lipinski definition) is 3.